The summed E-state index contributed by atoms with van der Waals surface area (Å²) in [6.45, 7) is 12.8. The van der Waals surface area contributed by atoms with E-state index in [1.54, 1.807) is 26.8 Å². The molecule has 3 aliphatic carbocycles. The number of rotatable bonds is 12. The van der Waals surface area contributed by atoms with Crippen LogP contribution in [0.1, 0.15) is 85.5 Å². The molecule has 1 aromatic rings. The van der Waals surface area contributed by atoms with Crippen LogP contribution in [0.25, 0.3) is 0 Å². The van der Waals surface area contributed by atoms with Crippen LogP contribution in [-0.4, -0.2) is 126 Å². The predicted molar refractivity (Wildman–Crippen MR) is 214 cm³/mol. The maximum atomic E-state index is 15.5. The molecule has 5 rings (SSSR count). The Bertz CT molecular complexity index is 2050. The Morgan fingerprint density at radius 2 is 1.66 bits per heavy atom. The highest BCUT2D eigenvalue weighted by Gasteiger charge is 2.78. The molecule has 17 heteroatoms. The van der Waals surface area contributed by atoms with Gasteiger partial charge in [0.25, 0.3) is 0 Å². The fourth-order valence-corrected chi connectivity index (χ4v) is 9.70. The number of fused-ring (bicyclic) bond motifs is 5. The molecule has 4 N–H and O–H groups in total. The Morgan fingerprint density at radius 1 is 0.984 bits per heavy atom. The van der Waals surface area contributed by atoms with Crippen molar-refractivity contribution >= 4 is 35.6 Å². The minimum Gasteiger partial charge on any atom is -0.497 e. The lowest BCUT2D eigenvalue weighted by molar-refractivity contribution is -0.346. The summed E-state index contributed by atoms with van der Waals surface area (Å²) in [7, 11) is 2.70. The fourth-order valence-electron chi connectivity index (χ4n) is 9.70. The van der Waals surface area contributed by atoms with E-state index in [1.807, 2.05) is 0 Å². The molecule has 11 atom stereocenters. The maximum Gasteiger partial charge on any atom is 0.342 e. The van der Waals surface area contributed by atoms with Gasteiger partial charge >= 0.3 is 23.9 Å². The van der Waals surface area contributed by atoms with Crippen molar-refractivity contribution in [3.63, 3.8) is 0 Å². The number of nitrogens with one attached hydrogen (secondary N) is 1. The smallest absolute Gasteiger partial charge is 0.342 e. The van der Waals surface area contributed by atoms with Gasteiger partial charge < -0.3 is 53.8 Å². The van der Waals surface area contributed by atoms with E-state index in [9.17, 15) is 39.3 Å². The molecule has 2 bridgehead atoms. The summed E-state index contributed by atoms with van der Waals surface area (Å²) in [5.41, 5.74) is -7.48. The molecule has 61 heavy (non-hydrogen) atoms. The molecule has 1 aliphatic heterocycles. The minimum absolute atomic E-state index is 0.0311. The molecule has 0 aromatic heterocycles. The van der Waals surface area contributed by atoms with Gasteiger partial charge in [-0.15, -0.1) is 0 Å². The summed E-state index contributed by atoms with van der Waals surface area (Å²) in [6, 6.07) is 3.07. The lowest BCUT2D eigenvalue weighted by atomic mass is 9.44. The standard InChI is InChI=1S/C44H57NO16/c1-12-13-32(49)45-27(16-21(2)3)34(50)40(53)59-29-19-44(54)38(60-39(52)26-17-25(55-10)14-15-28(26)56-11)36-42(9,30(48)18-31-43(36,20-57-31)61-24(6)47)37(51)35(58-23(5)46)33(22(29)4)41(44,7)8/h12-17,27,29-31,34-36,38,48,50,54H,18-20H2,1-11H3,(H,45,49)/b13-12+/t27-,29-,30-,31+,34+,35+,36?,38?,42+,43-,44+/m0/s1. The van der Waals surface area contributed by atoms with Crippen LogP contribution in [0.5, 0.6) is 11.5 Å². The van der Waals surface area contributed by atoms with Gasteiger partial charge in [0.15, 0.2) is 23.6 Å². The first-order valence-corrected chi connectivity index (χ1v) is 20.0. The first-order chi connectivity index (χ1) is 28.4. The summed E-state index contributed by atoms with van der Waals surface area (Å²) in [5.74, 6) is -6.86. The van der Waals surface area contributed by atoms with Gasteiger partial charge in [-0.3, -0.25) is 19.2 Å². The Kier molecular flexibility index (Phi) is 13.4. The average Bonchev–Trinajstić information content (AvgIpc) is 3.17. The Morgan fingerprint density at radius 3 is 2.20 bits per heavy atom. The third-order valence-electron chi connectivity index (χ3n) is 12.8. The van der Waals surface area contributed by atoms with E-state index in [1.165, 1.54) is 72.3 Å². The molecule has 17 nitrogen and oxygen atoms in total. The van der Waals surface area contributed by atoms with E-state index in [2.05, 4.69) is 5.32 Å². The first kappa shape index (κ1) is 47.0. The van der Waals surface area contributed by atoms with Gasteiger partial charge in [0.1, 0.15) is 41.0 Å². The number of hydrogen-bond acceptors (Lipinski definition) is 16. The van der Waals surface area contributed by atoms with Gasteiger partial charge in [-0.2, -0.15) is 0 Å². The number of aliphatic hydroxyl groups is 3. The maximum absolute atomic E-state index is 15.5. The molecular weight excluding hydrogens is 798 g/mol. The van der Waals surface area contributed by atoms with Gasteiger partial charge in [0.2, 0.25) is 5.91 Å². The second kappa shape index (κ2) is 17.3. The summed E-state index contributed by atoms with van der Waals surface area (Å²) < 4.78 is 41.1. The van der Waals surface area contributed by atoms with Crippen LogP contribution in [-0.2, 0) is 47.7 Å². The number of ketones is 1. The van der Waals surface area contributed by atoms with Crippen molar-refractivity contribution in [3.05, 3.63) is 58.7 Å². The van der Waals surface area contributed by atoms with Crippen molar-refractivity contribution in [3.8, 4) is 11.5 Å². The number of methoxy groups -OCH3 is 2. The average molecular weight is 856 g/mol. The summed E-state index contributed by atoms with van der Waals surface area (Å²) >= 11 is 0. The highest BCUT2D eigenvalue weighted by Crippen LogP contribution is 2.64. The van der Waals surface area contributed by atoms with Crippen molar-refractivity contribution < 1.29 is 77.2 Å². The van der Waals surface area contributed by atoms with Crippen molar-refractivity contribution in [2.45, 2.75) is 129 Å². The molecular formula is C44H57NO16. The van der Waals surface area contributed by atoms with Crippen LogP contribution in [0.4, 0.5) is 0 Å². The number of aliphatic hydroxyl groups excluding tert-OH is 2. The Labute approximate surface area is 354 Å². The number of allylic oxidation sites excluding steroid dienone is 2. The number of carbonyl (C=O) groups excluding carboxylic acids is 6. The van der Waals surface area contributed by atoms with Crippen LogP contribution < -0.4 is 14.8 Å². The van der Waals surface area contributed by atoms with Crippen LogP contribution in [0.3, 0.4) is 0 Å². The third-order valence-corrected chi connectivity index (χ3v) is 12.8. The van der Waals surface area contributed by atoms with E-state index < -0.39 is 113 Å². The minimum atomic E-state index is -2.45. The van der Waals surface area contributed by atoms with Crippen LogP contribution in [0, 0.1) is 16.7 Å². The molecule has 2 unspecified atom stereocenters. The van der Waals surface area contributed by atoms with Crippen molar-refractivity contribution in [2.75, 3.05) is 20.8 Å². The molecule has 3 fully saturated rings. The van der Waals surface area contributed by atoms with Crippen molar-refractivity contribution in [1.82, 2.24) is 5.32 Å². The first-order valence-electron chi connectivity index (χ1n) is 20.0. The van der Waals surface area contributed by atoms with Crippen molar-refractivity contribution in [1.29, 1.82) is 0 Å². The largest absolute Gasteiger partial charge is 0.497 e. The molecule has 1 heterocycles. The van der Waals surface area contributed by atoms with Crippen LogP contribution in [0.2, 0.25) is 0 Å². The SMILES string of the molecule is C/C=C/C(=O)N[C@@H](C=C(C)C)[C@@H](O)C(=O)O[C@H]1C[C@@]2(O)C(OC(=O)c3cc(OC)ccc3OC)C3[C@](C)(C(=O)[C@H](OC(C)=O)C(=C1C)C2(C)C)[C@@H](O)C[C@H]1OC[C@@]31OC(C)=O. The fraction of sp³-hybridized carbons (Fsp3) is 0.591. The number of Topliss-reactive ketones (excluding diaryl/α,β-unsaturated/α-hetero) is 1. The number of esters is 4. The van der Waals surface area contributed by atoms with E-state index >= 15 is 4.79 Å². The number of benzene rings is 1. The molecule has 0 radical (unpaired) electrons. The molecule has 2 saturated carbocycles. The van der Waals surface area contributed by atoms with E-state index in [0.29, 0.717) is 5.57 Å². The summed E-state index contributed by atoms with van der Waals surface area (Å²) in [4.78, 5) is 82.7. The zero-order chi connectivity index (χ0) is 45.6. The highest BCUT2D eigenvalue weighted by molar-refractivity contribution is 5.96. The second-order valence-electron chi connectivity index (χ2n) is 17.1. The molecule has 1 saturated heterocycles. The lowest BCUT2D eigenvalue weighted by Crippen LogP contribution is -2.82. The zero-order valence-electron chi connectivity index (χ0n) is 36.4. The number of hydrogen-bond donors (Lipinski definition) is 4. The second-order valence-corrected chi connectivity index (χ2v) is 17.1. The van der Waals surface area contributed by atoms with Gasteiger partial charge in [0, 0.05) is 32.1 Å². The quantitative estimate of drug-likeness (QED) is 0.102. The van der Waals surface area contributed by atoms with Gasteiger partial charge in [-0.25, -0.2) is 9.59 Å². The lowest BCUT2D eigenvalue weighted by Gasteiger charge is -2.67. The summed E-state index contributed by atoms with van der Waals surface area (Å²) in [5, 5.41) is 39.7. The normalized spacial score (nSPS) is 32.3. The number of ether oxygens (including phenoxy) is 7. The zero-order valence-corrected chi connectivity index (χ0v) is 36.4. The monoisotopic (exact) mass is 855 g/mol. The Balaban J connectivity index is 1.79. The number of amides is 1. The van der Waals surface area contributed by atoms with E-state index in [-0.39, 0.29) is 41.2 Å². The van der Waals surface area contributed by atoms with Crippen LogP contribution >= 0.6 is 0 Å². The van der Waals surface area contributed by atoms with Crippen molar-refractivity contribution in [2.24, 2.45) is 16.7 Å². The Hall–Kier alpha value is -5.10. The molecule has 0 spiro atoms. The molecule has 1 amide bonds. The van der Waals surface area contributed by atoms with E-state index in [4.69, 9.17) is 33.2 Å². The highest BCUT2D eigenvalue weighted by atomic mass is 16.6. The van der Waals surface area contributed by atoms with E-state index in [0.717, 1.165) is 13.8 Å². The molecule has 1 aromatic carbocycles. The van der Waals surface area contributed by atoms with Gasteiger partial charge in [0.05, 0.1) is 44.3 Å². The molecule has 334 valence electrons. The van der Waals surface area contributed by atoms with Crippen LogP contribution in [0.15, 0.2) is 53.1 Å². The van der Waals surface area contributed by atoms with Gasteiger partial charge in [-0.05, 0) is 70.0 Å². The molecule has 4 aliphatic rings. The predicted octanol–water partition coefficient (Wildman–Crippen LogP) is 2.61. The van der Waals surface area contributed by atoms with Gasteiger partial charge in [-0.1, -0.05) is 31.6 Å². The third kappa shape index (κ3) is 8.08. The summed E-state index contributed by atoms with van der Waals surface area (Å²) in [6.07, 6.45) is -6.60. The number of carbonyl (C=O) groups is 6. The topological polar surface area (TPSA) is 240 Å².